The fourth-order valence-corrected chi connectivity index (χ4v) is 9.46. The third kappa shape index (κ3) is 14.4. The van der Waals surface area contributed by atoms with Crippen molar-refractivity contribution in [2.75, 3.05) is 19.3 Å². The average Bonchev–Trinajstić information content (AvgIpc) is 3.62. The molecule has 1 aromatic heterocycles. The second-order valence-electron chi connectivity index (χ2n) is 15.1. The molecule has 21 heteroatoms. The summed E-state index contributed by atoms with van der Waals surface area (Å²) in [5.41, 5.74) is 19.0. The first kappa shape index (κ1) is 47.9. The smallest absolute Gasteiger partial charge is 0.243 e. The van der Waals surface area contributed by atoms with Gasteiger partial charge < -0.3 is 59.4 Å². The van der Waals surface area contributed by atoms with Crippen LogP contribution in [0, 0.1) is 5.41 Å². The van der Waals surface area contributed by atoms with Gasteiger partial charge in [-0.15, -0.1) is 0 Å². The Morgan fingerprint density at radius 3 is 2.03 bits per heavy atom. The van der Waals surface area contributed by atoms with Gasteiger partial charge in [-0.05, 0) is 57.4 Å². The van der Waals surface area contributed by atoms with Gasteiger partial charge in [0.2, 0.25) is 41.4 Å². The molecule has 3 aromatic rings. The molecule has 1 aliphatic heterocycles. The van der Waals surface area contributed by atoms with Crippen molar-refractivity contribution in [3.05, 3.63) is 71.9 Å². The number of primary amides is 2. The van der Waals surface area contributed by atoms with E-state index in [1.165, 1.54) is 21.6 Å². The maximum absolute atomic E-state index is 14.4. The van der Waals surface area contributed by atoms with E-state index in [0.29, 0.717) is 16.9 Å². The predicted molar refractivity (Wildman–Crippen MR) is 236 cm³/mol. The van der Waals surface area contributed by atoms with Gasteiger partial charge >= 0.3 is 0 Å². The maximum Gasteiger partial charge on any atom is 0.243 e. The molecule has 15 N–H and O–H groups in total. The molecule has 61 heavy (non-hydrogen) atoms. The summed E-state index contributed by atoms with van der Waals surface area (Å²) in [6.07, 6.45) is 1.52. The van der Waals surface area contributed by atoms with Gasteiger partial charge in [0, 0.05) is 47.0 Å². The molecule has 0 bridgehead atoms. The SMILES string of the molecule is CN[C@H]1CCSSC(C)(C)[C@@H](C(N)=O)NC(=O)[C@H](Cc2c[nH]c3ccccc23)NC(=O)[C@H](CCCNC(=N)N)NC(=O)[C@@H](Cc2ccccc2)NC(=O)[C@H](CC(N)=O)NC1=O. The van der Waals surface area contributed by atoms with Gasteiger partial charge in [-0.1, -0.05) is 70.1 Å². The van der Waals surface area contributed by atoms with Crippen LogP contribution in [0.4, 0.5) is 0 Å². The first-order chi connectivity index (χ1) is 29.0. The molecule has 7 amide bonds. The van der Waals surface area contributed by atoms with E-state index in [1.54, 1.807) is 57.4 Å². The Kier molecular flexibility index (Phi) is 17.8. The highest BCUT2D eigenvalue weighted by Gasteiger charge is 2.39. The molecular formula is C40H56N12O7S2. The largest absolute Gasteiger partial charge is 0.370 e. The van der Waals surface area contributed by atoms with Crippen molar-refractivity contribution in [3.8, 4) is 0 Å². The van der Waals surface area contributed by atoms with Crippen LogP contribution in [0.2, 0.25) is 0 Å². The zero-order valence-corrected chi connectivity index (χ0v) is 35.9. The summed E-state index contributed by atoms with van der Waals surface area (Å²) in [4.78, 5) is 98.8. The van der Waals surface area contributed by atoms with Crippen molar-refractivity contribution in [2.24, 2.45) is 17.2 Å². The molecule has 1 aliphatic rings. The number of para-hydroxylation sites is 1. The van der Waals surface area contributed by atoms with E-state index in [0.717, 1.165) is 10.9 Å². The Labute approximate surface area is 361 Å². The van der Waals surface area contributed by atoms with E-state index in [-0.39, 0.29) is 44.6 Å². The summed E-state index contributed by atoms with van der Waals surface area (Å²) in [6, 6.07) is 8.70. The summed E-state index contributed by atoms with van der Waals surface area (Å²) in [7, 11) is 4.15. The fourth-order valence-electron chi connectivity index (χ4n) is 6.73. The molecule has 19 nitrogen and oxygen atoms in total. The van der Waals surface area contributed by atoms with Crippen LogP contribution in [0.3, 0.4) is 0 Å². The van der Waals surface area contributed by atoms with Gasteiger partial charge in [0.05, 0.1) is 12.5 Å². The van der Waals surface area contributed by atoms with Crippen molar-refractivity contribution in [2.45, 2.75) is 93.4 Å². The number of guanidine groups is 1. The highest BCUT2D eigenvalue weighted by atomic mass is 33.1. The van der Waals surface area contributed by atoms with E-state index >= 15 is 0 Å². The molecule has 0 unspecified atom stereocenters. The van der Waals surface area contributed by atoms with Crippen molar-refractivity contribution in [1.82, 2.24) is 42.2 Å². The molecular weight excluding hydrogens is 825 g/mol. The fraction of sp³-hybridized carbons (Fsp3) is 0.450. The number of amides is 7. The summed E-state index contributed by atoms with van der Waals surface area (Å²) in [5, 5.41) is 27.5. The topological polar surface area (TPSA) is 321 Å². The number of likely N-dealkylation sites (N-methyl/N-ethyl adjacent to an activating group) is 1. The van der Waals surface area contributed by atoms with E-state index < -0.39 is 88.8 Å². The van der Waals surface area contributed by atoms with Crippen molar-refractivity contribution >= 4 is 79.8 Å². The number of hydrogen-bond acceptors (Lipinski definition) is 11. The number of nitrogens with two attached hydrogens (primary N) is 3. The zero-order chi connectivity index (χ0) is 44.7. The maximum atomic E-state index is 14.4. The molecule has 1 fully saturated rings. The number of benzene rings is 2. The highest BCUT2D eigenvalue weighted by Crippen LogP contribution is 2.38. The van der Waals surface area contributed by atoms with Gasteiger partial charge in [0.25, 0.3) is 0 Å². The molecule has 2 heterocycles. The molecule has 330 valence electrons. The van der Waals surface area contributed by atoms with Gasteiger partial charge in [-0.2, -0.15) is 0 Å². The minimum Gasteiger partial charge on any atom is -0.370 e. The molecule has 0 aliphatic carbocycles. The number of rotatable bonds is 12. The molecule has 1 saturated heterocycles. The van der Waals surface area contributed by atoms with E-state index in [4.69, 9.17) is 22.6 Å². The number of nitrogens with one attached hydrogen (secondary N) is 9. The van der Waals surface area contributed by atoms with E-state index in [1.807, 2.05) is 24.3 Å². The second kappa shape index (κ2) is 22.7. The van der Waals surface area contributed by atoms with Crippen molar-refractivity contribution in [1.29, 1.82) is 5.41 Å². The predicted octanol–water partition coefficient (Wildman–Crippen LogP) is -0.847. The average molecular weight is 881 g/mol. The normalized spacial score (nSPS) is 23.6. The lowest BCUT2D eigenvalue weighted by Crippen LogP contribution is -2.61. The van der Waals surface area contributed by atoms with Crippen LogP contribution in [0.1, 0.15) is 50.7 Å². The molecule has 0 spiro atoms. The number of aromatic amines is 1. The van der Waals surface area contributed by atoms with Crippen LogP contribution in [0.25, 0.3) is 10.9 Å². The molecule has 6 atom stereocenters. The number of hydrogen-bond donors (Lipinski definition) is 12. The highest BCUT2D eigenvalue weighted by molar-refractivity contribution is 8.77. The zero-order valence-electron chi connectivity index (χ0n) is 34.3. The van der Waals surface area contributed by atoms with Crippen LogP contribution < -0.4 is 54.4 Å². The lowest BCUT2D eigenvalue weighted by molar-refractivity contribution is -0.135. The minimum absolute atomic E-state index is 0.0121. The molecule has 2 aromatic carbocycles. The number of carbonyl (C=O) groups excluding carboxylic acids is 7. The Morgan fingerprint density at radius 1 is 0.787 bits per heavy atom. The third-order valence-electron chi connectivity index (χ3n) is 10.00. The Hall–Kier alpha value is -5.80. The number of H-pyrrole nitrogens is 1. The van der Waals surface area contributed by atoms with E-state index in [2.05, 4.69) is 42.2 Å². The second-order valence-corrected chi connectivity index (χ2v) is 18.2. The first-order valence-electron chi connectivity index (χ1n) is 19.7. The van der Waals surface area contributed by atoms with E-state index in [9.17, 15) is 33.6 Å². The summed E-state index contributed by atoms with van der Waals surface area (Å²) in [5.74, 6) is -5.37. The van der Waals surface area contributed by atoms with Crippen molar-refractivity contribution < 1.29 is 33.6 Å². The molecule has 0 radical (unpaired) electrons. The Bertz CT molecular complexity index is 2050. The first-order valence-corrected chi connectivity index (χ1v) is 22.0. The third-order valence-corrected chi connectivity index (χ3v) is 13.3. The quantitative estimate of drug-likeness (QED) is 0.0459. The summed E-state index contributed by atoms with van der Waals surface area (Å²) >= 11 is 0. The summed E-state index contributed by atoms with van der Waals surface area (Å²) < 4.78 is -1.00. The molecule has 4 rings (SSSR count). The van der Waals surface area contributed by atoms with Crippen molar-refractivity contribution in [3.63, 3.8) is 0 Å². The Balaban J connectivity index is 1.79. The monoisotopic (exact) mass is 880 g/mol. The van der Waals surface area contributed by atoms with Gasteiger partial charge in [-0.25, -0.2) is 0 Å². The lowest BCUT2D eigenvalue weighted by atomic mass is 9.99. The van der Waals surface area contributed by atoms with Crippen LogP contribution in [-0.2, 0) is 46.4 Å². The van der Waals surface area contributed by atoms with Crippen LogP contribution in [0.5, 0.6) is 0 Å². The van der Waals surface area contributed by atoms with Gasteiger partial charge in [0.1, 0.15) is 30.2 Å². The standard InChI is InChI=1S/C40H56N12O7S2/c1-40(2)32(33(42)54)52-38(59)29(19-23-21-47-25-13-8-7-12-24(23)25)50-35(56)27(14-9-16-46-39(43)44)48-36(57)28(18-22-10-5-4-6-11-22)49-37(58)30(20-31(41)53)51-34(55)26(45-3)15-17-60-61-40/h4-8,10-13,21,26-30,32,45,47H,9,14-20H2,1-3H3,(H2,41,53)(H2,42,54)(H,48,57)(H,49,58)(H,50,56)(H,51,55)(H,52,59)(H4,43,44,46)/t26-,27-,28+,29-,30-,32+/m0/s1. The lowest BCUT2D eigenvalue weighted by Gasteiger charge is -2.33. The van der Waals surface area contributed by atoms with Crippen LogP contribution >= 0.6 is 21.6 Å². The Morgan fingerprint density at radius 2 is 1.38 bits per heavy atom. The van der Waals surface area contributed by atoms with Crippen LogP contribution in [-0.4, -0.2) is 113 Å². The minimum atomic E-state index is -1.46. The number of aromatic nitrogens is 1. The van der Waals surface area contributed by atoms with Crippen LogP contribution in [0.15, 0.2) is 60.8 Å². The summed E-state index contributed by atoms with van der Waals surface area (Å²) in [6.45, 7) is 3.61. The molecule has 0 saturated carbocycles. The van der Waals surface area contributed by atoms with Gasteiger partial charge in [-0.3, -0.25) is 39.0 Å². The van der Waals surface area contributed by atoms with Gasteiger partial charge in [0.15, 0.2) is 5.96 Å². The number of carbonyl (C=O) groups is 7. The number of fused-ring (bicyclic) bond motifs is 1.